The highest BCUT2D eigenvalue weighted by molar-refractivity contribution is 6.19. The Bertz CT molecular complexity index is 408. The molecule has 0 unspecified atom stereocenters. The van der Waals surface area contributed by atoms with Crippen LogP contribution in [0.2, 0.25) is 0 Å². The van der Waals surface area contributed by atoms with Gasteiger partial charge >= 0.3 is 6.03 Å². The van der Waals surface area contributed by atoms with Gasteiger partial charge in [-0.3, -0.25) is 15.0 Å². The van der Waals surface area contributed by atoms with E-state index in [0.29, 0.717) is 5.69 Å². The smallest absolute Gasteiger partial charge is 0.297 e. The maximum atomic E-state index is 12.7. The van der Waals surface area contributed by atoms with Gasteiger partial charge in [-0.1, -0.05) is 0 Å². The number of carbonyl (C=O) groups excluding carboxylic acids is 2. The van der Waals surface area contributed by atoms with Gasteiger partial charge in [-0.15, -0.1) is 11.6 Å². The van der Waals surface area contributed by atoms with Gasteiger partial charge in [0.1, 0.15) is 5.82 Å². The zero-order valence-corrected chi connectivity index (χ0v) is 10.00. The highest BCUT2D eigenvalue weighted by atomic mass is 35.5. The van der Waals surface area contributed by atoms with Crippen molar-refractivity contribution in [1.29, 1.82) is 0 Å². The Kier molecular flexibility index (Phi) is 4.90. The van der Waals surface area contributed by atoms with Crippen LogP contribution in [0.15, 0.2) is 24.3 Å². The summed E-state index contributed by atoms with van der Waals surface area (Å²) in [6, 6.07) is 4.79. The molecule has 0 heterocycles. The minimum Gasteiger partial charge on any atom is -0.297 e. The third kappa shape index (κ3) is 4.03. The predicted octanol–water partition coefficient (Wildman–Crippen LogP) is 2.13. The summed E-state index contributed by atoms with van der Waals surface area (Å²) in [5, 5.41) is 2.16. The second kappa shape index (κ2) is 6.20. The van der Waals surface area contributed by atoms with Crippen molar-refractivity contribution in [3.8, 4) is 0 Å². The normalized spacial score (nSPS) is 9.82. The number of hydrogen-bond donors (Lipinski definition) is 1. The van der Waals surface area contributed by atoms with E-state index < -0.39 is 11.9 Å². The average Bonchev–Trinajstić information content (AvgIpc) is 2.29. The van der Waals surface area contributed by atoms with Crippen LogP contribution in [0.1, 0.15) is 6.42 Å². The van der Waals surface area contributed by atoms with Crippen LogP contribution in [-0.2, 0) is 4.79 Å². The van der Waals surface area contributed by atoms with Crippen LogP contribution in [0.3, 0.4) is 0 Å². The second-order valence-corrected chi connectivity index (χ2v) is 3.71. The summed E-state index contributed by atoms with van der Waals surface area (Å²) in [7, 11) is 1.48. The Hall–Kier alpha value is -1.62. The van der Waals surface area contributed by atoms with Crippen molar-refractivity contribution in [2.75, 3.05) is 17.8 Å². The largest absolute Gasteiger partial charge is 0.328 e. The van der Waals surface area contributed by atoms with E-state index in [1.165, 1.54) is 36.2 Å². The lowest BCUT2D eigenvalue weighted by Crippen LogP contribution is -2.40. The summed E-state index contributed by atoms with van der Waals surface area (Å²) in [6.45, 7) is 0. The molecule has 0 fully saturated rings. The minimum absolute atomic E-state index is 0.0740. The first-order valence-electron chi connectivity index (χ1n) is 4.93. The molecule has 0 aromatic heterocycles. The zero-order chi connectivity index (χ0) is 12.8. The fraction of sp³-hybridized carbons (Fsp3) is 0.273. The van der Waals surface area contributed by atoms with E-state index in [-0.39, 0.29) is 18.1 Å². The van der Waals surface area contributed by atoms with Crippen molar-refractivity contribution < 1.29 is 14.0 Å². The SMILES string of the molecule is CN(C(=O)NC(=O)CCCl)c1ccc(F)cc1. The van der Waals surface area contributed by atoms with Gasteiger partial charge in [-0.25, -0.2) is 9.18 Å². The Labute approximate surface area is 103 Å². The van der Waals surface area contributed by atoms with Gasteiger partial charge in [0.05, 0.1) is 0 Å². The van der Waals surface area contributed by atoms with Crippen LogP contribution in [-0.4, -0.2) is 24.9 Å². The lowest BCUT2D eigenvalue weighted by atomic mass is 10.3. The molecule has 92 valence electrons. The first kappa shape index (κ1) is 13.4. The number of benzene rings is 1. The van der Waals surface area contributed by atoms with Gasteiger partial charge in [0, 0.05) is 25.0 Å². The number of amides is 3. The van der Waals surface area contributed by atoms with Gasteiger partial charge in [0.2, 0.25) is 5.91 Å². The number of anilines is 1. The van der Waals surface area contributed by atoms with Gasteiger partial charge < -0.3 is 0 Å². The second-order valence-electron chi connectivity index (χ2n) is 3.33. The average molecular weight is 259 g/mol. The molecular formula is C11H12ClFN2O2. The van der Waals surface area contributed by atoms with Crippen molar-refractivity contribution in [3.05, 3.63) is 30.1 Å². The predicted molar refractivity (Wildman–Crippen MR) is 63.7 cm³/mol. The van der Waals surface area contributed by atoms with Crippen molar-refractivity contribution in [3.63, 3.8) is 0 Å². The third-order valence-electron chi connectivity index (χ3n) is 2.09. The molecule has 0 spiro atoms. The highest BCUT2D eigenvalue weighted by Gasteiger charge is 2.13. The molecule has 0 saturated carbocycles. The minimum atomic E-state index is -0.577. The van der Waals surface area contributed by atoms with E-state index in [0.717, 1.165) is 0 Å². The topological polar surface area (TPSA) is 49.4 Å². The molecule has 0 aliphatic rings. The number of rotatable bonds is 3. The van der Waals surface area contributed by atoms with Crippen LogP contribution >= 0.6 is 11.6 Å². The standard InChI is InChI=1S/C11H12ClFN2O2/c1-15(9-4-2-8(13)3-5-9)11(17)14-10(16)6-7-12/h2-5H,6-7H2,1H3,(H,14,16,17). The van der Waals surface area contributed by atoms with Crippen LogP contribution in [0.4, 0.5) is 14.9 Å². The quantitative estimate of drug-likeness (QED) is 0.845. The van der Waals surface area contributed by atoms with Crippen LogP contribution in [0.5, 0.6) is 0 Å². The number of nitrogens with one attached hydrogen (secondary N) is 1. The van der Waals surface area contributed by atoms with Gasteiger partial charge in [-0.2, -0.15) is 0 Å². The molecule has 3 amide bonds. The molecule has 0 radical (unpaired) electrons. The van der Waals surface area contributed by atoms with Crippen molar-refractivity contribution in [2.24, 2.45) is 0 Å². The van der Waals surface area contributed by atoms with Crippen molar-refractivity contribution in [1.82, 2.24) is 5.32 Å². The first-order chi connectivity index (χ1) is 8.04. The Morgan fingerprint density at radius 3 is 2.47 bits per heavy atom. The molecule has 0 aliphatic heterocycles. The molecule has 4 nitrogen and oxygen atoms in total. The fourth-order valence-corrected chi connectivity index (χ4v) is 1.31. The maximum Gasteiger partial charge on any atom is 0.328 e. The zero-order valence-electron chi connectivity index (χ0n) is 9.24. The van der Waals surface area contributed by atoms with Crippen LogP contribution < -0.4 is 10.2 Å². The van der Waals surface area contributed by atoms with E-state index in [9.17, 15) is 14.0 Å². The Morgan fingerprint density at radius 2 is 1.94 bits per heavy atom. The molecule has 1 rings (SSSR count). The third-order valence-corrected chi connectivity index (χ3v) is 2.28. The summed E-state index contributed by atoms with van der Waals surface area (Å²) >= 11 is 5.37. The van der Waals surface area contributed by atoms with Crippen molar-refractivity contribution in [2.45, 2.75) is 6.42 Å². The summed E-state index contributed by atoms with van der Waals surface area (Å²) in [6.07, 6.45) is 0.0740. The number of nitrogens with zero attached hydrogens (tertiary/aromatic N) is 1. The molecule has 1 aromatic carbocycles. The molecule has 1 N–H and O–H groups in total. The van der Waals surface area contributed by atoms with Crippen LogP contribution in [0, 0.1) is 5.82 Å². The van der Waals surface area contributed by atoms with E-state index in [1.807, 2.05) is 0 Å². The van der Waals surface area contributed by atoms with E-state index >= 15 is 0 Å². The van der Waals surface area contributed by atoms with E-state index in [1.54, 1.807) is 0 Å². The molecule has 0 saturated heterocycles. The van der Waals surface area contributed by atoms with Crippen molar-refractivity contribution >= 4 is 29.2 Å². The molecule has 1 aromatic rings. The number of halogens is 2. The number of carbonyl (C=O) groups is 2. The maximum absolute atomic E-state index is 12.7. The first-order valence-corrected chi connectivity index (χ1v) is 5.47. The highest BCUT2D eigenvalue weighted by Crippen LogP contribution is 2.12. The lowest BCUT2D eigenvalue weighted by molar-refractivity contribution is -0.119. The molecular weight excluding hydrogens is 247 g/mol. The monoisotopic (exact) mass is 258 g/mol. The molecule has 0 atom stereocenters. The number of alkyl halides is 1. The molecule has 0 aliphatic carbocycles. The van der Waals surface area contributed by atoms with Gasteiger partial charge in [0.15, 0.2) is 0 Å². The van der Waals surface area contributed by atoms with Gasteiger partial charge in [0.25, 0.3) is 0 Å². The molecule has 17 heavy (non-hydrogen) atoms. The summed E-state index contributed by atoms with van der Waals surface area (Å²) in [4.78, 5) is 23.9. The van der Waals surface area contributed by atoms with E-state index in [2.05, 4.69) is 5.32 Å². The molecule has 0 bridgehead atoms. The lowest BCUT2D eigenvalue weighted by Gasteiger charge is -2.17. The summed E-state index contributed by atoms with van der Waals surface area (Å²) in [5.41, 5.74) is 0.488. The summed E-state index contributed by atoms with van der Waals surface area (Å²) in [5.74, 6) is -0.681. The van der Waals surface area contributed by atoms with Gasteiger partial charge in [-0.05, 0) is 24.3 Å². The number of hydrogen-bond acceptors (Lipinski definition) is 2. The Morgan fingerprint density at radius 1 is 1.35 bits per heavy atom. The molecule has 6 heteroatoms. The van der Waals surface area contributed by atoms with E-state index in [4.69, 9.17) is 11.6 Å². The van der Waals surface area contributed by atoms with Crippen LogP contribution in [0.25, 0.3) is 0 Å². The number of imide groups is 1. The fourth-order valence-electron chi connectivity index (χ4n) is 1.13. The Balaban J connectivity index is 2.63. The number of urea groups is 1. The summed E-state index contributed by atoms with van der Waals surface area (Å²) < 4.78 is 12.7.